The molecule has 3 N–H and O–H groups in total. The predicted molar refractivity (Wildman–Crippen MR) is 33.9 cm³/mol. The van der Waals surface area contributed by atoms with E-state index in [1.54, 1.807) is 0 Å². The van der Waals surface area contributed by atoms with E-state index in [1.807, 2.05) is 0 Å². The van der Waals surface area contributed by atoms with Gasteiger partial charge in [-0.15, -0.1) is 5.10 Å². The van der Waals surface area contributed by atoms with Crippen LogP contribution in [0.3, 0.4) is 0 Å². The third-order valence-electron chi connectivity index (χ3n) is 0.930. The third-order valence-corrected chi connectivity index (χ3v) is 1.69. The van der Waals surface area contributed by atoms with Crippen molar-refractivity contribution in [1.82, 2.24) is 9.59 Å². The summed E-state index contributed by atoms with van der Waals surface area (Å²) in [5.41, 5.74) is 5.16. The highest BCUT2D eigenvalue weighted by Crippen LogP contribution is 2.12. The zero-order chi connectivity index (χ0) is 6.69. The molecule has 0 fully saturated rings. The summed E-state index contributed by atoms with van der Waals surface area (Å²) >= 11 is 1.16. The van der Waals surface area contributed by atoms with E-state index >= 15 is 0 Å². The number of nitrogens with two attached hydrogens (primary N) is 1. The Kier molecular flexibility index (Phi) is 2.10. The number of hydrogen-bond acceptors (Lipinski definition) is 5. The van der Waals surface area contributed by atoms with Crippen LogP contribution in [0.5, 0.6) is 0 Å². The molecule has 0 radical (unpaired) electrons. The summed E-state index contributed by atoms with van der Waals surface area (Å²) in [5, 5.41) is 12.6. The van der Waals surface area contributed by atoms with Crippen LogP contribution in [0, 0.1) is 0 Å². The molecule has 0 aliphatic rings. The molecule has 1 rings (SSSR count). The molecule has 5 heteroatoms. The maximum absolute atomic E-state index is 9.02. The topological polar surface area (TPSA) is 72.0 Å². The SMILES string of the molecule is NCC(O)c1cnns1. The molecule has 1 atom stereocenters. The van der Waals surface area contributed by atoms with Crippen molar-refractivity contribution in [3.63, 3.8) is 0 Å². The van der Waals surface area contributed by atoms with Gasteiger partial charge in [0, 0.05) is 6.54 Å². The van der Waals surface area contributed by atoms with E-state index in [1.165, 1.54) is 6.20 Å². The largest absolute Gasteiger partial charge is 0.386 e. The standard InChI is InChI=1S/C4H7N3OS/c5-1-3(8)4-2-6-7-9-4/h2-3,8H,1,5H2. The van der Waals surface area contributed by atoms with Gasteiger partial charge in [0.05, 0.1) is 11.1 Å². The van der Waals surface area contributed by atoms with Crippen LogP contribution in [0.2, 0.25) is 0 Å². The molecule has 0 aliphatic heterocycles. The van der Waals surface area contributed by atoms with Crippen LogP contribution in [0.1, 0.15) is 11.0 Å². The zero-order valence-electron chi connectivity index (χ0n) is 4.69. The number of aromatic nitrogens is 2. The number of nitrogens with zero attached hydrogens (tertiary/aromatic N) is 2. The van der Waals surface area contributed by atoms with Crippen LogP contribution < -0.4 is 5.73 Å². The molecule has 0 aliphatic carbocycles. The summed E-state index contributed by atoms with van der Waals surface area (Å²) in [6, 6.07) is 0. The second kappa shape index (κ2) is 2.86. The van der Waals surface area contributed by atoms with Crippen molar-refractivity contribution >= 4 is 11.5 Å². The average molecular weight is 145 g/mol. The highest BCUT2D eigenvalue weighted by Gasteiger charge is 2.05. The molecule has 0 saturated heterocycles. The molecule has 0 bridgehead atoms. The van der Waals surface area contributed by atoms with E-state index in [-0.39, 0.29) is 6.54 Å². The summed E-state index contributed by atoms with van der Waals surface area (Å²) in [4.78, 5) is 0.720. The van der Waals surface area contributed by atoms with Gasteiger partial charge in [-0.2, -0.15) is 0 Å². The van der Waals surface area contributed by atoms with Crippen molar-refractivity contribution in [2.45, 2.75) is 6.10 Å². The van der Waals surface area contributed by atoms with Crippen molar-refractivity contribution < 1.29 is 5.11 Å². The van der Waals surface area contributed by atoms with Crippen molar-refractivity contribution in [2.24, 2.45) is 5.73 Å². The highest BCUT2D eigenvalue weighted by atomic mass is 32.1. The second-order valence-corrected chi connectivity index (χ2v) is 2.39. The fourth-order valence-electron chi connectivity index (χ4n) is 0.438. The smallest absolute Gasteiger partial charge is 0.104 e. The average Bonchev–Trinajstić information content (AvgIpc) is 2.37. The minimum Gasteiger partial charge on any atom is -0.386 e. The number of rotatable bonds is 2. The van der Waals surface area contributed by atoms with Crippen molar-refractivity contribution in [3.05, 3.63) is 11.1 Å². The van der Waals surface area contributed by atoms with Crippen molar-refractivity contribution in [2.75, 3.05) is 6.54 Å². The van der Waals surface area contributed by atoms with Crippen molar-refractivity contribution in [1.29, 1.82) is 0 Å². The maximum atomic E-state index is 9.02. The van der Waals surface area contributed by atoms with Crippen molar-refractivity contribution in [3.8, 4) is 0 Å². The van der Waals surface area contributed by atoms with Gasteiger partial charge < -0.3 is 10.8 Å². The Labute approximate surface area is 56.5 Å². The summed E-state index contributed by atoms with van der Waals surface area (Å²) in [5.74, 6) is 0. The van der Waals surface area contributed by atoms with Gasteiger partial charge in [-0.3, -0.25) is 0 Å². The molecule has 4 nitrogen and oxygen atoms in total. The fraction of sp³-hybridized carbons (Fsp3) is 0.500. The van der Waals surface area contributed by atoms with Crippen LogP contribution in [0.15, 0.2) is 6.20 Å². The Bertz CT molecular complexity index is 164. The molecular formula is C4H7N3OS. The molecule has 0 aromatic carbocycles. The Hall–Kier alpha value is -0.520. The molecule has 9 heavy (non-hydrogen) atoms. The lowest BCUT2D eigenvalue weighted by Crippen LogP contribution is -2.09. The van der Waals surface area contributed by atoms with Gasteiger partial charge in [-0.1, -0.05) is 4.49 Å². The molecule has 50 valence electrons. The minimum absolute atomic E-state index is 0.226. The van der Waals surface area contributed by atoms with E-state index in [0.717, 1.165) is 16.4 Å². The molecule has 1 aromatic rings. The first-order chi connectivity index (χ1) is 4.34. The molecule has 0 saturated carbocycles. The number of aliphatic hydroxyl groups excluding tert-OH is 1. The van der Waals surface area contributed by atoms with Gasteiger partial charge in [-0.25, -0.2) is 0 Å². The van der Waals surface area contributed by atoms with Gasteiger partial charge in [0.25, 0.3) is 0 Å². The predicted octanol–water partition coefficient (Wildman–Crippen LogP) is -0.470. The van der Waals surface area contributed by atoms with Gasteiger partial charge in [0.2, 0.25) is 0 Å². The summed E-state index contributed by atoms with van der Waals surface area (Å²) in [7, 11) is 0. The Morgan fingerprint density at radius 1 is 1.89 bits per heavy atom. The van der Waals surface area contributed by atoms with E-state index in [0.29, 0.717) is 0 Å². The van der Waals surface area contributed by atoms with E-state index < -0.39 is 6.10 Å². The maximum Gasteiger partial charge on any atom is 0.104 e. The molecule has 0 amide bonds. The van der Waals surface area contributed by atoms with Crippen LogP contribution >= 0.6 is 11.5 Å². The lowest BCUT2D eigenvalue weighted by Gasteiger charge is -1.99. The van der Waals surface area contributed by atoms with E-state index in [2.05, 4.69) is 9.59 Å². The Morgan fingerprint density at radius 2 is 2.67 bits per heavy atom. The summed E-state index contributed by atoms with van der Waals surface area (Å²) in [6.45, 7) is 0.226. The molecule has 1 aromatic heterocycles. The molecular weight excluding hydrogens is 138 g/mol. The van der Waals surface area contributed by atoms with E-state index in [9.17, 15) is 0 Å². The normalized spacial score (nSPS) is 13.6. The van der Waals surface area contributed by atoms with Crippen LogP contribution in [-0.4, -0.2) is 21.2 Å². The van der Waals surface area contributed by atoms with Crippen LogP contribution in [0.25, 0.3) is 0 Å². The zero-order valence-corrected chi connectivity index (χ0v) is 5.51. The van der Waals surface area contributed by atoms with Gasteiger partial charge in [0.15, 0.2) is 0 Å². The molecule has 1 heterocycles. The summed E-state index contributed by atoms with van der Waals surface area (Å²) < 4.78 is 3.57. The Balaban J connectivity index is 2.65. The number of aliphatic hydroxyl groups is 1. The first-order valence-electron chi connectivity index (χ1n) is 2.50. The van der Waals surface area contributed by atoms with Crippen LogP contribution in [0.4, 0.5) is 0 Å². The van der Waals surface area contributed by atoms with Gasteiger partial charge in [0.1, 0.15) is 6.10 Å². The fourth-order valence-corrected chi connectivity index (χ4v) is 0.939. The lowest BCUT2D eigenvalue weighted by molar-refractivity contribution is 0.190. The first kappa shape index (κ1) is 6.60. The van der Waals surface area contributed by atoms with Gasteiger partial charge in [-0.05, 0) is 11.5 Å². The lowest BCUT2D eigenvalue weighted by atomic mass is 10.3. The molecule has 0 spiro atoms. The summed E-state index contributed by atoms with van der Waals surface area (Å²) in [6.07, 6.45) is 0.923. The monoisotopic (exact) mass is 145 g/mol. The third kappa shape index (κ3) is 1.44. The minimum atomic E-state index is -0.593. The quantitative estimate of drug-likeness (QED) is 0.590. The first-order valence-corrected chi connectivity index (χ1v) is 3.27. The van der Waals surface area contributed by atoms with E-state index in [4.69, 9.17) is 10.8 Å². The number of hydrogen-bond donors (Lipinski definition) is 2. The molecule has 1 unspecified atom stereocenters. The Morgan fingerprint density at radius 3 is 3.11 bits per heavy atom. The van der Waals surface area contributed by atoms with Gasteiger partial charge >= 0.3 is 0 Å². The second-order valence-electron chi connectivity index (χ2n) is 1.57. The van der Waals surface area contributed by atoms with Crippen LogP contribution in [-0.2, 0) is 0 Å². The highest BCUT2D eigenvalue weighted by molar-refractivity contribution is 7.05.